The number of aromatic nitrogens is 4. The van der Waals surface area contributed by atoms with E-state index in [1.807, 2.05) is 26.0 Å². The first-order valence-corrected chi connectivity index (χ1v) is 10.6. The van der Waals surface area contributed by atoms with Crippen LogP contribution in [0.4, 0.5) is 0 Å². The zero-order chi connectivity index (χ0) is 20.4. The number of nitrogens with one attached hydrogen (secondary N) is 1. The minimum absolute atomic E-state index is 0.0414. The van der Waals surface area contributed by atoms with Crippen molar-refractivity contribution in [2.24, 2.45) is 0 Å². The van der Waals surface area contributed by atoms with E-state index >= 15 is 0 Å². The van der Waals surface area contributed by atoms with Crippen LogP contribution in [0, 0.1) is 13.8 Å². The monoisotopic (exact) mass is 409 g/mol. The van der Waals surface area contributed by atoms with Gasteiger partial charge in [0.25, 0.3) is 11.5 Å². The lowest BCUT2D eigenvalue weighted by atomic mass is 9.91. The van der Waals surface area contributed by atoms with Crippen LogP contribution in [0.2, 0.25) is 0 Å². The maximum Gasteiger partial charge on any atom is 0.267 e. The Morgan fingerprint density at radius 2 is 1.97 bits per heavy atom. The number of rotatable bonds is 4. The topological polar surface area (TPSA) is 89.8 Å². The molecule has 1 N–H and O–H groups in total. The number of pyridine rings is 1. The molecule has 0 aromatic carbocycles. The Morgan fingerprint density at radius 1 is 1.17 bits per heavy atom. The first-order valence-electron chi connectivity index (χ1n) is 9.76. The largest absolute Gasteiger partial charge is 0.349 e. The zero-order valence-electron chi connectivity index (χ0n) is 16.5. The predicted octanol–water partition coefficient (Wildman–Crippen LogP) is 3.29. The van der Waals surface area contributed by atoms with Gasteiger partial charge in [0.2, 0.25) is 0 Å². The van der Waals surface area contributed by atoms with Crippen LogP contribution in [-0.2, 0) is 0 Å². The van der Waals surface area contributed by atoms with Crippen molar-refractivity contribution in [1.82, 2.24) is 25.1 Å². The summed E-state index contributed by atoms with van der Waals surface area (Å²) in [5.74, 6) is -0.0505. The van der Waals surface area contributed by atoms with E-state index in [2.05, 4.69) is 20.4 Å². The average Bonchev–Trinajstić information content (AvgIpc) is 3.08. The molecule has 150 valence electrons. The van der Waals surface area contributed by atoms with Crippen LogP contribution in [0.15, 0.2) is 41.5 Å². The van der Waals surface area contributed by atoms with E-state index < -0.39 is 0 Å². The molecule has 0 spiro atoms. The Kier molecular flexibility index (Phi) is 5.53. The van der Waals surface area contributed by atoms with Crippen LogP contribution in [0.25, 0.3) is 11.3 Å². The standard InChI is InChI=1S/C21H23N5O2S/c1-13-20(29-14(2)23-13)21(28)24-16-5-7-17(8-6-16)26-19(27)10-9-18(25-26)15-4-3-11-22-12-15/h3-4,9-12,16-17H,5-8H2,1-2H3,(H,24,28). The molecule has 3 heterocycles. The minimum atomic E-state index is -0.0964. The van der Waals surface area contributed by atoms with Crippen LogP contribution < -0.4 is 10.9 Å². The zero-order valence-corrected chi connectivity index (χ0v) is 17.3. The fourth-order valence-electron chi connectivity index (χ4n) is 3.81. The number of nitrogens with zero attached hydrogens (tertiary/aromatic N) is 4. The van der Waals surface area contributed by atoms with Gasteiger partial charge in [0.1, 0.15) is 4.88 Å². The molecular weight excluding hydrogens is 386 g/mol. The van der Waals surface area contributed by atoms with E-state index in [0.29, 0.717) is 4.88 Å². The Balaban J connectivity index is 1.43. The molecule has 0 saturated heterocycles. The van der Waals surface area contributed by atoms with Gasteiger partial charge in [0, 0.05) is 30.1 Å². The second-order valence-corrected chi connectivity index (χ2v) is 8.57. The number of carbonyl (C=O) groups excluding carboxylic acids is 1. The van der Waals surface area contributed by atoms with E-state index in [0.717, 1.165) is 47.6 Å². The molecule has 3 aromatic rings. The lowest BCUT2D eigenvalue weighted by molar-refractivity contribution is 0.0924. The summed E-state index contributed by atoms with van der Waals surface area (Å²) in [5.41, 5.74) is 2.31. The summed E-state index contributed by atoms with van der Waals surface area (Å²) in [5, 5.41) is 8.61. The van der Waals surface area contributed by atoms with Gasteiger partial charge in [0.15, 0.2) is 0 Å². The highest BCUT2D eigenvalue weighted by molar-refractivity contribution is 7.13. The molecule has 0 bridgehead atoms. The third-order valence-corrected chi connectivity index (χ3v) is 6.34. The first kappa shape index (κ1) is 19.4. The van der Waals surface area contributed by atoms with E-state index in [1.54, 1.807) is 29.2 Å². The van der Waals surface area contributed by atoms with Gasteiger partial charge in [-0.25, -0.2) is 9.67 Å². The Morgan fingerprint density at radius 3 is 2.62 bits per heavy atom. The summed E-state index contributed by atoms with van der Waals surface area (Å²) in [6.07, 6.45) is 6.69. The molecule has 8 heteroatoms. The van der Waals surface area contributed by atoms with Gasteiger partial charge in [-0.1, -0.05) is 0 Å². The van der Waals surface area contributed by atoms with E-state index in [1.165, 1.54) is 11.3 Å². The lowest BCUT2D eigenvalue weighted by Crippen LogP contribution is -2.39. The summed E-state index contributed by atoms with van der Waals surface area (Å²) in [6, 6.07) is 7.24. The third-order valence-electron chi connectivity index (χ3n) is 5.27. The molecule has 1 fully saturated rings. The second-order valence-electron chi connectivity index (χ2n) is 7.37. The summed E-state index contributed by atoms with van der Waals surface area (Å²) in [4.78, 5) is 34.1. The molecule has 29 heavy (non-hydrogen) atoms. The molecule has 0 unspecified atom stereocenters. The van der Waals surface area contributed by atoms with Crippen LogP contribution in [0.5, 0.6) is 0 Å². The highest BCUT2D eigenvalue weighted by Crippen LogP contribution is 2.28. The van der Waals surface area contributed by atoms with Crippen molar-refractivity contribution < 1.29 is 4.79 Å². The van der Waals surface area contributed by atoms with Gasteiger partial charge in [-0.15, -0.1) is 11.3 Å². The van der Waals surface area contributed by atoms with E-state index in [-0.39, 0.29) is 23.6 Å². The molecule has 0 radical (unpaired) electrons. The van der Waals surface area contributed by atoms with Gasteiger partial charge in [-0.2, -0.15) is 5.10 Å². The molecule has 0 aliphatic heterocycles. The highest BCUT2D eigenvalue weighted by atomic mass is 32.1. The smallest absolute Gasteiger partial charge is 0.267 e. The lowest BCUT2D eigenvalue weighted by Gasteiger charge is -2.29. The van der Waals surface area contributed by atoms with Crippen molar-refractivity contribution >= 4 is 17.2 Å². The van der Waals surface area contributed by atoms with Gasteiger partial charge >= 0.3 is 0 Å². The van der Waals surface area contributed by atoms with Gasteiger partial charge < -0.3 is 5.32 Å². The fourth-order valence-corrected chi connectivity index (χ4v) is 4.64. The Bertz CT molecular complexity index is 1070. The van der Waals surface area contributed by atoms with Crippen molar-refractivity contribution in [3.05, 3.63) is 62.6 Å². The molecule has 1 amide bonds. The van der Waals surface area contributed by atoms with Crippen molar-refractivity contribution in [1.29, 1.82) is 0 Å². The fraction of sp³-hybridized carbons (Fsp3) is 0.381. The predicted molar refractivity (Wildman–Crippen MR) is 112 cm³/mol. The van der Waals surface area contributed by atoms with Crippen LogP contribution in [-0.4, -0.2) is 31.7 Å². The molecule has 3 aromatic heterocycles. The van der Waals surface area contributed by atoms with E-state index in [9.17, 15) is 9.59 Å². The van der Waals surface area contributed by atoms with Crippen LogP contribution in [0.3, 0.4) is 0 Å². The molecule has 1 saturated carbocycles. The van der Waals surface area contributed by atoms with Crippen molar-refractivity contribution in [3.63, 3.8) is 0 Å². The summed E-state index contributed by atoms with van der Waals surface area (Å²) >= 11 is 1.43. The van der Waals surface area contributed by atoms with Crippen LogP contribution >= 0.6 is 11.3 Å². The number of hydrogen-bond acceptors (Lipinski definition) is 6. The second kappa shape index (κ2) is 8.24. The van der Waals surface area contributed by atoms with Gasteiger partial charge in [-0.3, -0.25) is 14.6 Å². The number of hydrogen-bond donors (Lipinski definition) is 1. The highest BCUT2D eigenvalue weighted by Gasteiger charge is 2.26. The Hall–Kier alpha value is -2.87. The summed E-state index contributed by atoms with van der Waals surface area (Å²) in [7, 11) is 0. The summed E-state index contributed by atoms with van der Waals surface area (Å²) < 4.78 is 1.59. The van der Waals surface area contributed by atoms with Gasteiger partial charge in [-0.05, 0) is 57.7 Å². The normalized spacial score (nSPS) is 19.1. The quantitative estimate of drug-likeness (QED) is 0.714. The number of aryl methyl sites for hydroxylation is 2. The molecule has 1 aliphatic rings. The average molecular weight is 410 g/mol. The van der Waals surface area contributed by atoms with Gasteiger partial charge in [0.05, 0.1) is 22.4 Å². The maximum absolute atomic E-state index is 12.5. The molecular formula is C21H23N5O2S. The number of thiazole rings is 1. The maximum atomic E-state index is 12.5. The first-order chi connectivity index (χ1) is 14.0. The summed E-state index contributed by atoms with van der Waals surface area (Å²) in [6.45, 7) is 3.77. The van der Waals surface area contributed by atoms with Crippen molar-refractivity contribution in [2.45, 2.75) is 51.6 Å². The van der Waals surface area contributed by atoms with E-state index in [4.69, 9.17) is 0 Å². The SMILES string of the molecule is Cc1nc(C)c(C(=O)NC2CCC(n3nc(-c4cccnc4)ccc3=O)CC2)s1. The van der Waals surface area contributed by atoms with Crippen LogP contribution in [0.1, 0.15) is 52.1 Å². The molecule has 4 rings (SSSR count). The third kappa shape index (κ3) is 4.27. The molecule has 1 aliphatic carbocycles. The molecule has 0 atom stereocenters. The number of amides is 1. The Labute approximate surface area is 172 Å². The van der Waals surface area contributed by atoms with Crippen molar-refractivity contribution in [3.8, 4) is 11.3 Å². The van der Waals surface area contributed by atoms with Crippen molar-refractivity contribution in [2.75, 3.05) is 0 Å². The minimum Gasteiger partial charge on any atom is -0.349 e. The number of carbonyl (C=O) groups is 1. The molecule has 7 nitrogen and oxygen atoms in total.